The molecule has 3 heteroatoms. The van der Waals surface area contributed by atoms with E-state index in [4.69, 9.17) is 11.8 Å². The van der Waals surface area contributed by atoms with E-state index in [1.54, 1.807) is 0 Å². The smallest absolute Gasteiger partial charge is 0.512 e. The summed E-state index contributed by atoms with van der Waals surface area (Å²) in [5.74, 6) is 0. The SMILES string of the molecule is Cl.[C-]#N.[Li+]. The van der Waals surface area contributed by atoms with Gasteiger partial charge in [-0.05, 0) is 0 Å². The summed E-state index contributed by atoms with van der Waals surface area (Å²) in [7, 11) is 0. The molecule has 0 atom stereocenters. The van der Waals surface area contributed by atoms with Crippen molar-refractivity contribution >= 4 is 12.4 Å². The fraction of sp³-hybridized carbons (Fsp3) is 0. The number of nitrogens with zero attached hydrogens (tertiary/aromatic N) is 1. The maximum atomic E-state index is 6.25. The summed E-state index contributed by atoms with van der Waals surface area (Å²) in [5.41, 5.74) is 0. The molecule has 18 valence electrons. The average molecular weight is 69.4 g/mol. The van der Waals surface area contributed by atoms with Crippen LogP contribution in [0.25, 0.3) is 0 Å². The normalized spacial score (nSPS) is 0.500. The molecule has 0 spiro atoms. The molecule has 0 saturated carbocycles. The predicted molar refractivity (Wildman–Crippen MR) is 12.2 cm³/mol. The largest absolute Gasteiger partial charge is 1.00 e. The van der Waals surface area contributed by atoms with E-state index in [0.29, 0.717) is 0 Å². The number of halogens is 1. The molecule has 0 aliphatic rings. The van der Waals surface area contributed by atoms with Crippen LogP contribution in [0, 0.1) is 11.8 Å². The molecule has 4 heavy (non-hydrogen) atoms. The Morgan fingerprint density at radius 3 is 1.25 bits per heavy atom. The van der Waals surface area contributed by atoms with Crippen molar-refractivity contribution in [1.82, 2.24) is 0 Å². The Labute approximate surface area is 43.6 Å². The van der Waals surface area contributed by atoms with Gasteiger partial charge in [-0.15, -0.1) is 12.4 Å². The zero-order chi connectivity index (χ0) is 2.00. The van der Waals surface area contributed by atoms with Crippen LogP contribution in [0.2, 0.25) is 0 Å². The number of hydrogen-bond acceptors (Lipinski definition) is 1. The third-order valence-corrected chi connectivity index (χ3v) is 0. The van der Waals surface area contributed by atoms with Crippen molar-refractivity contribution in [2.45, 2.75) is 0 Å². The van der Waals surface area contributed by atoms with Crippen molar-refractivity contribution in [2.75, 3.05) is 0 Å². The van der Waals surface area contributed by atoms with E-state index in [1.165, 1.54) is 0 Å². The maximum absolute atomic E-state index is 6.25. The van der Waals surface area contributed by atoms with Crippen LogP contribution in [0.4, 0.5) is 0 Å². The zero-order valence-electron chi connectivity index (χ0n) is 2.36. The Morgan fingerprint density at radius 1 is 1.25 bits per heavy atom. The molecular formula is CHClLiN. The van der Waals surface area contributed by atoms with Crippen LogP contribution in [0.5, 0.6) is 0 Å². The van der Waals surface area contributed by atoms with E-state index >= 15 is 0 Å². The van der Waals surface area contributed by atoms with Crippen LogP contribution in [-0.2, 0) is 0 Å². The molecule has 0 heterocycles. The predicted octanol–water partition coefficient (Wildman–Crippen LogP) is -2.48. The van der Waals surface area contributed by atoms with Gasteiger partial charge in [-0.3, -0.25) is 0 Å². The Morgan fingerprint density at radius 2 is 1.25 bits per heavy atom. The second-order valence-electron chi connectivity index (χ2n) is 0. The molecule has 0 aromatic heterocycles. The first-order valence-electron chi connectivity index (χ1n) is 0.224. The third kappa shape index (κ3) is 31.7. The molecule has 1 nitrogen and oxygen atoms in total. The molecule has 0 rings (SSSR count). The van der Waals surface area contributed by atoms with Gasteiger partial charge in [-0.25, -0.2) is 0 Å². The van der Waals surface area contributed by atoms with E-state index in [1.807, 2.05) is 0 Å². The van der Waals surface area contributed by atoms with Gasteiger partial charge in [0.15, 0.2) is 0 Å². The Bertz CT molecular complexity index is 12.8. The second-order valence-corrected chi connectivity index (χ2v) is 0. The van der Waals surface area contributed by atoms with Crippen molar-refractivity contribution in [1.29, 1.82) is 5.26 Å². The first kappa shape index (κ1) is 26.3. The van der Waals surface area contributed by atoms with E-state index in [0.717, 1.165) is 0 Å². The van der Waals surface area contributed by atoms with E-state index in [9.17, 15) is 0 Å². The minimum atomic E-state index is 0. The van der Waals surface area contributed by atoms with Gasteiger partial charge in [0.25, 0.3) is 0 Å². The molecule has 0 fully saturated rings. The summed E-state index contributed by atoms with van der Waals surface area (Å²) in [4.78, 5) is 0. The fourth-order valence-electron chi connectivity index (χ4n) is 0. The molecule has 0 aliphatic carbocycles. The summed E-state index contributed by atoms with van der Waals surface area (Å²) in [6, 6.07) is 0. The third-order valence-electron chi connectivity index (χ3n) is 0. The van der Waals surface area contributed by atoms with Gasteiger partial charge in [0.05, 0.1) is 0 Å². The van der Waals surface area contributed by atoms with Crippen molar-refractivity contribution in [3.05, 3.63) is 6.57 Å². The Balaban J connectivity index is -0.00000000500. The van der Waals surface area contributed by atoms with Crippen molar-refractivity contribution < 1.29 is 18.9 Å². The molecule has 0 saturated heterocycles. The van der Waals surface area contributed by atoms with E-state index in [2.05, 4.69) is 0 Å². The first-order chi connectivity index (χ1) is 1.00. The molecule has 0 bridgehead atoms. The summed E-state index contributed by atoms with van der Waals surface area (Å²) in [6.45, 7) is 4.75. The van der Waals surface area contributed by atoms with Crippen LogP contribution in [-0.4, -0.2) is 0 Å². The molecule has 0 N–H and O–H groups in total. The molecule has 0 aromatic carbocycles. The Kier molecular flexibility index (Phi) is 882. The summed E-state index contributed by atoms with van der Waals surface area (Å²) in [6.07, 6.45) is 0. The van der Waals surface area contributed by atoms with Gasteiger partial charge < -0.3 is 11.8 Å². The van der Waals surface area contributed by atoms with Gasteiger partial charge in [0.2, 0.25) is 0 Å². The van der Waals surface area contributed by atoms with Crippen LogP contribution in [0.15, 0.2) is 0 Å². The van der Waals surface area contributed by atoms with Gasteiger partial charge in [0.1, 0.15) is 0 Å². The minimum absolute atomic E-state index is 0. The van der Waals surface area contributed by atoms with Gasteiger partial charge in [-0.1, -0.05) is 0 Å². The summed E-state index contributed by atoms with van der Waals surface area (Å²) < 4.78 is 0. The van der Waals surface area contributed by atoms with Crippen LogP contribution in [0.1, 0.15) is 0 Å². The first-order valence-corrected chi connectivity index (χ1v) is 0.224. The molecule has 0 unspecified atom stereocenters. The van der Waals surface area contributed by atoms with Crippen molar-refractivity contribution in [3.63, 3.8) is 0 Å². The van der Waals surface area contributed by atoms with Crippen LogP contribution in [0.3, 0.4) is 0 Å². The Hall–Kier alpha value is 0.377. The molecule has 0 aliphatic heterocycles. The zero-order valence-corrected chi connectivity index (χ0v) is 3.17. The van der Waals surface area contributed by atoms with Crippen molar-refractivity contribution in [2.24, 2.45) is 0 Å². The molecule has 0 aromatic rings. The van der Waals surface area contributed by atoms with Gasteiger partial charge in [0, 0.05) is 0 Å². The average Bonchev–Trinajstić information content (AvgIpc) is 1.00. The molecule has 0 amide bonds. The quantitative estimate of drug-likeness (QED) is 0.228. The molecule has 0 radical (unpaired) electrons. The fourth-order valence-corrected chi connectivity index (χ4v) is 0. The number of rotatable bonds is 0. The standard InChI is InChI=1S/CN.ClH.Li/c1-2;;/h;1H;/q-1;;+1. The van der Waals surface area contributed by atoms with Crippen LogP contribution < -0.4 is 18.9 Å². The topological polar surface area (TPSA) is 23.8 Å². The molecular weight excluding hydrogens is 68.4 g/mol. The number of hydrogen-bond donors (Lipinski definition) is 0. The van der Waals surface area contributed by atoms with Gasteiger partial charge >= 0.3 is 18.9 Å². The summed E-state index contributed by atoms with van der Waals surface area (Å²) in [5, 5.41) is 6.25. The maximum Gasteiger partial charge on any atom is 1.00 e. The van der Waals surface area contributed by atoms with Crippen LogP contribution >= 0.6 is 12.4 Å². The van der Waals surface area contributed by atoms with Crippen molar-refractivity contribution in [3.8, 4) is 0 Å². The monoisotopic (exact) mass is 69.0 g/mol. The second kappa shape index (κ2) is 134. The van der Waals surface area contributed by atoms with E-state index in [-0.39, 0.29) is 31.3 Å². The van der Waals surface area contributed by atoms with Gasteiger partial charge in [-0.2, -0.15) is 0 Å². The van der Waals surface area contributed by atoms with E-state index < -0.39 is 0 Å². The summed E-state index contributed by atoms with van der Waals surface area (Å²) >= 11 is 0. The minimum Gasteiger partial charge on any atom is -0.512 e.